The van der Waals surface area contributed by atoms with E-state index in [0.29, 0.717) is 17.2 Å². The van der Waals surface area contributed by atoms with Gasteiger partial charge in [0.05, 0.1) is 0 Å². The molecule has 2 heterocycles. The molecular weight excluding hydrogens is 232 g/mol. The van der Waals surface area contributed by atoms with E-state index in [-0.39, 0.29) is 5.91 Å². The third-order valence-electron chi connectivity index (χ3n) is 2.26. The van der Waals surface area contributed by atoms with Gasteiger partial charge in [0.1, 0.15) is 12.1 Å². The number of nitrogens with one attached hydrogen (secondary N) is 2. The fourth-order valence-corrected chi connectivity index (χ4v) is 1.39. The summed E-state index contributed by atoms with van der Waals surface area (Å²) in [6.07, 6.45) is 3.99. The van der Waals surface area contributed by atoms with Crippen molar-refractivity contribution < 1.29 is 9.32 Å². The van der Waals surface area contributed by atoms with E-state index in [0.717, 1.165) is 13.0 Å². The highest BCUT2D eigenvalue weighted by molar-refractivity contribution is 6.04. The quantitative estimate of drug-likeness (QED) is 0.844. The molecule has 2 N–H and O–H groups in total. The summed E-state index contributed by atoms with van der Waals surface area (Å²) in [7, 11) is 0. The Morgan fingerprint density at radius 1 is 1.39 bits per heavy atom. The Balaban J connectivity index is 2.05. The summed E-state index contributed by atoms with van der Waals surface area (Å²) in [5.74, 6) is 0.829. The number of carbonyl (C=O) groups excluding carboxylic acids is 1. The van der Waals surface area contributed by atoms with Gasteiger partial charge in [-0.05, 0) is 18.6 Å². The van der Waals surface area contributed by atoms with E-state index < -0.39 is 0 Å². The van der Waals surface area contributed by atoms with Gasteiger partial charge in [-0.1, -0.05) is 12.1 Å². The zero-order chi connectivity index (χ0) is 12.8. The lowest BCUT2D eigenvalue weighted by atomic mass is 10.2. The SMILES string of the molecule is CCCNc1cc(C(=O)Nc2ccon2)ccn1. The van der Waals surface area contributed by atoms with E-state index in [9.17, 15) is 4.79 Å². The first kappa shape index (κ1) is 12.1. The van der Waals surface area contributed by atoms with Crippen LogP contribution in [0.4, 0.5) is 11.6 Å². The predicted octanol–water partition coefficient (Wildman–Crippen LogP) is 2.14. The maximum absolute atomic E-state index is 11.9. The fraction of sp³-hybridized carbons (Fsp3) is 0.250. The molecule has 0 aliphatic rings. The Morgan fingerprint density at radius 2 is 2.28 bits per heavy atom. The lowest BCUT2D eigenvalue weighted by Gasteiger charge is -2.05. The van der Waals surface area contributed by atoms with Crippen LogP contribution in [0.5, 0.6) is 0 Å². The molecule has 2 aromatic heterocycles. The Labute approximate surface area is 104 Å². The number of nitrogens with zero attached hydrogens (tertiary/aromatic N) is 2. The van der Waals surface area contributed by atoms with Gasteiger partial charge in [-0.15, -0.1) is 0 Å². The highest BCUT2D eigenvalue weighted by Gasteiger charge is 2.08. The van der Waals surface area contributed by atoms with Crippen LogP contribution in [0.3, 0.4) is 0 Å². The third kappa shape index (κ3) is 3.07. The number of carbonyl (C=O) groups is 1. The molecule has 18 heavy (non-hydrogen) atoms. The predicted molar refractivity (Wildman–Crippen MR) is 67.5 cm³/mol. The fourth-order valence-electron chi connectivity index (χ4n) is 1.39. The summed E-state index contributed by atoms with van der Waals surface area (Å²) in [5, 5.41) is 9.36. The molecule has 0 bridgehead atoms. The van der Waals surface area contributed by atoms with E-state index >= 15 is 0 Å². The van der Waals surface area contributed by atoms with Crippen molar-refractivity contribution in [3.8, 4) is 0 Å². The Hall–Kier alpha value is -2.37. The van der Waals surface area contributed by atoms with Gasteiger partial charge in [0, 0.05) is 24.4 Å². The summed E-state index contributed by atoms with van der Waals surface area (Å²) < 4.78 is 4.64. The molecule has 0 aromatic carbocycles. The van der Waals surface area contributed by atoms with Gasteiger partial charge >= 0.3 is 0 Å². The van der Waals surface area contributed by atoms with Crippen molar-refractivity contribution in [1.29, 1.82) is 0 Å². The summed E-state index contributed by atoms with van der Waals surface area (Å²) >= 11 is 0. The molecule has 0 aliphatic carbocycles. The monoisotopic (exact) mass is 246 g/mol. The van der Waals surface area contributed by atoms with Crippen LogP contribution >= 0.6 is 0 Å². The number of amides is 1. The van der Waals surface area contributed by atoms with Gasteiger partial charge in [-0.2, -0.15) is 0 Å². The van der Waals surface area contributed by atoms with E-state index in [1.165, 1.54) is 6.26 Å². The summed E-state index contributed by atoms with van der Waals surface area (Å²) in [5.41, 5.74) is 0.520. The van der Waals surface area contributed by atoms with Crippen molar-refractivity contribution >= 4 is 17.5 Å². The zero-order valence-electron chi connectivity index (χ0n) is 10.0. The van der Waals surface area contributed by atoms with Crippen molar-refractivity contribution in [2.75, 3.05) is 17.2 Å². The summed E-state index contributed by atoms with van der Waals surface area (Å²) in [6, 6.07) is 4.92. The number of hydrogen-bond acceptors (Lipinski definition) is 5. The molecule has 2 aromatic rings. The number of anilines is 2. The lowest BCUT2D eigenvalue weighted by Crippen LogP contribution is -2.13. The Kier molecular flexibility index (Phi) is 3.90. The van der Waals surface area contributed by atoms with Crippen LogP contribution in [-0.2, 0) is 0 Å². The Morgan fingerprint density at radius 3 is 3.00 bits per heavy atom. The summed E-state index contributed by atoms with van der Waals surface area (Å²) in [6.45, 7) is 2.88. The summed E-state index contributed by atoms with van der Waals surface area (Å²) in [4.78, 5) is 16.0. The first-order valence-electron chi connectivity index (χ1n) is 5.71. The molecule has 0 fully saturated rings. The molecule has 94 valence electrons. The number of rotatable bonds is 5. The van der Waals surface area contributed by atoms with Crippen LogP contribution in [0.25, 0.3) is 0 Å². The number of hydrogen-bond donors (Lipinski definition) is 2. The van der Waals surface area contributed by atoms with Gasteiger partial charge in [0.25, 0.3) is 5.91 Å². The molecule has 0 unspecified atom stereocenters. The molecule has 6 nitrogen and oxygen atoms in total. The first-order valence-corrected chi connectivity index (χ1v) is 5.71. The van der Waals surface area contributed by atoms with Crippen LogP contribution in [0.15, 0.2) is 35.2 Å². The highest BCUT2D eigenvalue weighted by Crippen LogP contribution is 2.09. The Bertz CT molecular complexity index is 511. The minimum absolute atomic E-state index is 0.245. The molecule has 0 spiro atoms. The molecule has 6 heteroatoms. The average molecular weight is 246 g/mol. The van der Waals surface area contributed by atoms with Gasteiger partial charge in [-0.3, -0.25) is 4.79 Å². The van der Waals surface area contributed by atoms with Crippen LogP contribution < -0.4 is 10.6 Å². The average Bonchev–Trinajstić information content (AvgIpc) is 2.89. The van der Waals surface area contributed by atoms with Crippen LogP contribution in [-0.4, -0.2) is 22.6 Å². The molecule has 0 saturated carbocycles. The lowest BCUT2D eigenvalue weighted by molar-refractivity contribution is 0.102. The van der Waals surface area contributed by atoms with Crippen LogP contribution in [0.1, 0.15) is 23.7 Å². The van der Waals surface area contributed by atoms with Crippen molar-refractivity contribution in [1.82, 2.24) is 10.1 Å². The first-order chi connectivity index (χ1) is 8.79. The molecule has 0 saturated heterocycles. The molecule has 1 amide bonds. The van der Waals surface area contributed by atoms with Gasteiger partial charge < -0.3 is 15.2 Å². The smallest absolute Gasteiger partial charge is 0.257 e. The number of pyridine rings is 1. The highest BCUT2D eigenvalue weighted by atomic mass is 16.5. The molecule has 0 radical (unpaired) electrons. The molecular formula is C12H14N4O2. The van der Waals surface area contributed by atoms with Crippen LogP contribution in [0, 0.1) is 0 Å². The minimum Gasteiger partial charge on any atom is -0.370 e. The molecule has 0 atom stereocenters. The van der Waals surface area contributed by atoms with E-state index in [1.807, 2.05) is 0 Å². The minimum atomic E-state index is -0.245. The topological polar surface area (TPSA) is 80.0 Å². The van der Waals surface area contributed by atoms with E-state index in [4.69, 9.17) is 0 Å². The normalized spacial score (nSPS) is 10.1. The van der Waals surface area contributed by atoms with Crippen molar-refractivity contribution in [3.05, 3.63) is 36.2 Å². The maximum atomic E-state index is 11.9. The second kappa shape index (κ2) is 5.81. The second-order valence-electron chi connectivity index (χ2n) is 3.70. The largest absolute Gasteiger partial charge is 0.370 e. The van der Waals surface area contributed by atoms with Crippen molar-refractivity contribution in [2.24, 2.45) is 0 Å². The van der Waals surface area contributed by atoms with Gasteiger partial charge in [0.2, 0.25) is 0 Å². The standard InChI is InChI=1S/C12H14N4O2/c1-2-5-13-11-8-9(3-6-14-11)12(17)15-10-4-7-18-16-10/h3-4,6-8H,2,5H2,1H3,(H,13,14)(H,15,16,17). The van der Waals surface area contributed by atoms with Crippen molar-refractivity contribution in [2.45, 2.75) is 13.3 Å². The van der Waals surface area contributed by atoms with Gasteiger partial charge in [0.15, 0.2) is 5.82 Å². The maximum Gasteiger partial charge on any atom is 0.257 e. The van der Waals surface area contributed by atoms with Crippen molar-refractivity contribution in [3.63, 3.8) is 0 Å². The van der Waals surface area contributed by atoms with E-state index in [2.05, 4.69) is 32.2 Å². The number of aromatic nitrogens is 2. The third-order valence-corrected chi connectivity index (χ3v) is 2.26. The second-order valence-corrected chi connectivity index (χ2v) is 3.70. The van der Waals surface area contributed by atoms with Gasteiger partial charge in [-0.25, -0.2) is 4.98 Å². The molecule has 2 rings (SSSR count). The molecule has 0 aliphatic heterocycles. The zero-order valence-corrected chi connectivity index (χ0v) is 10.0. The van der Waals surface area contributed by atoms with E-state index in [1.54, 1.807) is 24.4 Å². The van der Waals surface area contributed by atoms with Crippen LogP contribution in [0.2, 0.25) is 0 Å².